The third-order valence-electron chi connectivity index (χ3n) is 5.09. The van der Waals surface area contributed by atoms with E-state index < -0.39 is 9.84 Å². The molecule has 9 heteroatoms. The van der Waals surface area contributed by atoms with Crippen LogP contribution in [-0.2, 0) is 22.9 Å². The van der Waals surface area contributed by atoms with Crippen molar-refractivity contribution >= 4 is 33.2 Å². The van der Waals surface area contributed by atoms with Crippen LogP contribution >= 0.6 is 12.2 Å². The highest BCUT2D eigenvalue weighted by molar-refractivity contribution is 7.91. The Hall–Kier alpha value is -2.36. The first kappa shape index (κ1) is 22.3. The molecule has 0 spiro atoms. The van der Waals surface area contributed by atoms with E-state index in [1.807, 2.05) is 22.8 Å². The fourth-order valence-electron chi connectivity index (χ4n) is 3.29. The standard InChI is InChI=1S/C21H26N2O5S2/c1-5-30(24,25)16-7-9-18-17(13-16)23(21(29)28-18)14-22(2)11-10-15-6-8-19(26-3)20(12-15)27-4/h6-9,12-13H,5,10-11,14H2,1-4H3/p+1. The van der Waals surface area contributed by atoms with Crippen molar-refractivity contribution in [3.63, 3.8) is 0 Å². The summed E-state index contributed by atoms with van der Waals surface area (Å²) in [6.45, 7) is 3.04. The Kier molecular flexibility index (Phi) is 6.84. The molecule has 0 radical (unpaired) electrons. The van der Waals surface area contributed by atoms with Crippen LogP contribution in [0.3, 0.4) is 0 Å². The lowest BCUT2D eigenvalue weighted by atomic mass is 10.1. The average molecular weight is 452 g/mol. The van der Waals surface area contributed by atoms with Crippen LogP contribution in [0.15, 0.2) is 45.7 Å². The summed E-state index contributed by atoms with van der Waals surface area (Å²) in [5.74, 6) is 1.46. The first-order valence-electron chi connectivity index (χ1n) is 9.67. The summed E-state index contributed by atoms with van der Waals surface area (Å²) in [6.07, 6.45) is 0.838. The zero-order valence-electron chi connectivity index (χ0n) is 17.6. The number of aromatic nitrogens is 1. The number of likely N-dealkylation sites (N-methyl/N-ethyl adjacent to an activating group) is 1. The Morgan fingerprint density at radius 2 is 1.83 bits per heavy atom. The van der Waals surface area contributed by atoms with E-state index in [2.05, 4.69) is 7.05 Å². The van der Waals surface area contributed by atoms with Crippen LogP contribution in [0.2, 0.25) is 0 Å². The zero-order valence-corrected chi connectivity index (χ0v) is 19.2. The van der Waals surface area contributed by atoms with Crippen molar-refractivity contribution in [3.05, 3.63) is 46.8 Å². The van der Waals surface area contributed by atoms with E-state index in [9.17, 15) is 8.42 Å². The molecule has 0 fully saturated rings. The van der Waals surface area contributed by atoms with Gasteiger partial charge in [0, 0.05) is 6.42 Å². The molecular formula is C21H27N2O5S2+. The zero-order chi connectivity index (χ0) is 21.9. The van der Waals surface area contributed by atoms with Crippen molar-refractivity contribution in [2.75, 3.05) is 33.6 Å². The maximum absolute atomic E-state index is 12.3. The van der Waals surface area contributed by atoms with E-state index >= 15 is 0 Å². The second-order valence-electron chi connectivity index (χ2n) is 7.13. The molecule has 1 N–H and O–H groups in total. The third-order valence-corrected chi connectivity index (χ3v) is 7.13. The summed E-state index contributed by atoms with van der Waals surface area (Å²) in [7, 11) is 2.00. The maximum Gasteiger partial charge on any atom is 0.274 e. The summed E-state index contributed by atoms with van der Waals surface area (Å²) in [4.78, 5) is 1.82. The molecular weight excluding hydrogens is 424 g/mol. The van der Waals surface area contributed by atoms with E-state index in [0.29, 0.717) is 34.1 Å². The van der Waals surface area contributed by atoms with Crippen molar-refractivity contribution < 1.29 is 27.2 Å². The van der Waals surface area contributed by atoms with E-state index in [-0.39, 0.29) is 10.6 Å². The smallest absolute Gasteiger partial charge is 0.274 e. The summed E-state index contributed by atoms with van der Waals surface area (Å²) >= 11 is 5.38. The van der Waals surface area contributed by atoms with Crippen LogP contribution in [0, 0.1) is 4.84 Å². The van der Waals surface area contributed by atoms with Crippen molar-refractivity contribution in [2.45, 2.75) is 24.9 Å². The molecule has 0 aliphatic rings. The number of hydrogen-bond acceptors (Lipinski definition) is 6. The maximum atomic E-state index is 12.3. The molecule has 0 amide bonds. The van der Waals surface area contributed by atoms with Crippen molar-refractivity contribution in [1.29, 1.82) is 0 Å². The van der Waals surface area contributed by atoms with Gasteiger partial charge in [0.25, 0.3) is 4.84 Å². The molecule has 7 nitrogen and oxygen atoms in total. The molecule has 0 aliphatic carbocycles. The Labute approximate surface area is 181 Å². The molecule has 1 heterocycles. The lowest BCUT2D eigenvalue weighted by molar-refractivity contribution is -0.902. The normalized spacial score (nSPS) is 12.8. The van der Waals surface area contributed by atoms with Crippen molar-refractivity contribution in [3.8, 4) is 11.5 Å². The Balaban J connectivity index is 1.78. The molecule has 3 aromatic rings. The van der Waals surface area contributed by atoms with Crippen LogP contribution in [0.1, 0.15) is 12.5 Å². The number of nitrogens with one attached hydrogen (secondary N) is 1. The van der Waals surface area contributed by atoms with Gasteiger partial charge in [-0.2, -0.15) is 0 Å². The molecule has 0 bridgehead atoms. The van der Waals surface area contributed by atoms with Gasteiger partial charge in [-0.3, -0.25) is 4.57 Å². The highest BCUT2D eigenvalue weighted by atomic mass is 32.2. The van der Waals surface area contributed by atoms with E-state index in [1.165, 1.54) is 4.90 Å². The van der Waals surface area contributed by atoms with Gasteiger partial charge in [-0.15, -0.1) is 0 Å². The molecule has 0 aliphatic heterocycles. The fourth-order valence-corrected chi connectivity index (χ4v) is 4.45. The fraction of sp³-hybridized carbons (Fsp3) is 0.381. The predicted molar refractivity (Wildman–Crippen MR) is 118 cm³/mol. The number of methoxy groups -OCH3 is 2. The molecule has 1 unspecified atom stereocenters. The molecule has 162 valence electrons. The van der Waals surface area contributed by atoms with Crippen LogP contribution < -0.4 is 14.4 Å². The highest BCUT2D eigenvalue weighted by Crippen LogP contribution is 2.27. The molecule has 3 rings (SSSR count). The quantitative estimate of drug-likeness (QED) is 0.504. The predicted octanol–water partition coefficient (Wildman–Crippen LogP) is 2.49. The summed E-state index contributed by atoms with van der Waals surface area (Å²) in [5.41, 5.74) is 2.42. The lowest BCUT2D eigenvalue weighted by Gasteiger charge is -2.15. The van der Waals surface area contributed by atoms with Gasteiger partial charge in [0.15, 0.2) is 33.6 Å². The van der Waals surface area contributed by atoms with Crippen molar-refractivity contribution in [1.82, 2.24) is 4.57 Å². The minimum absolute atomic E-state index is 0.0492. The minimum atomic E-state index is -3.30. The van der Waals surface area contributed by atoms with Crippen LogP contribution in [-0.4, -0.2) is 46.5 Å². The Morgan fingerprint density at radius 3 is 2.50 bits per heavy atom. The SMILES string of the molecule is CCS(=O)(=O)c1ccc2oc(=S)n(C[NH+](C)CCc3ccc(OC)c(OC)c3)c2c1. The van der Waals surface area contributed by atoms with Crippen LogP contribution in [0.4, 0.5) is 0 Å². The second kappa shape index (κ2) is 9.20. The van der Waals surface area contributed by atoms with Gasteiger partial charge >= 0.3 is 0 Å². The molecule has 0 saturated heterocycles. The van der Waals surface area contributed by atoms with Gasteiger partial charge in [0.1, 0.15) is 0 Å². The summed E-state index contributed by atoms with van der Waals surface area (Å²) in [6, 6.07) is 10.8. The van der Waals surface area contributed by atoms with Crippen LogP contribution in [0.25, 0.3) is 11.1 Å². The number of quaternary nitrogens is 1. The third kappa shape index (κ3) is 4.69. The van der Waals surface area contributed by atoms with Gasteiger partial charge in [-0.05, 0) is 48.1 Å². The summed E-state index contributed by atoms with van der Waals surface area (Å²) in [5, 5.41) is 0. The number of hydrogen-bond donors (Lipinski definition) is 1. The monoisotopic (exact) mass is 451 g/mol. The molecule has 2 aromatic carbocycles. The largest absolute Gasteiger partial charge is 0.493 e. The Bertz CT molecular complexity index is 1200. The van der Waals surface area contributed by atoms with Crippen molar-refractivity contribution in [2.24, 2.45) is 0 Å². The van der Waals surface area contributed by atoms with Gasteiger partial charge in [-0.25, -0.2) is 8.42 Å². The molecule has 1 atom stereocenters. The minimum Gasteiger partial charge on any atom is -0.493 e. The number of fused-ring (bicyclic) bond motifs is 1. The second-order valence-corrected chi connectivity index (χ2v) is 9.76. The van der Waals surface area contributed by atoms with Gasteiger partial charge < -0.3 is 18.8 Å². The van der Waals surface area contributed by atoms with Gasteiger partial charge in [-0.1, -0.05) is 13.0 Å². The first-order valence-corrected chi connectivity index (χ1v) is 11.7. The topological polar surface area (TPSA) is 75.1 Å². The Morgan fingerprint density at radius 1 is 1.10 bits per heavy atom. The molecule has 1 aromatic heterocycles. The number of ether oxygens (including phenoxy) is 2. The summed E-state index contributed by atoms with van der Waals surface area (Å²) < 4.78 is 42.7. The number of oxazole rings is 1. The lowest BCUT2D eigenvalue weighted by Crippen LogP contribution is -3.08. The van der Waals surface area contributed by atoms with E-state index in [4.69, 9.17) is 26.1 Å². The van der Waals surface area contributed by atoms with E-state index in [1.54, 1.807) is 39.3 Å². The van der Waals surface area contributed by atoms with Gasteiger partial charge in [0.2, 0.25) is 0 Å². The number of rotatable bonds is 9. The number of sulfone groups is 1. The highest BCUT2D eigenvalue weighted by Gasteiger charge is 2.17. The van der Waals surface area contributed by atoms with E-state index in [0.717, 1.165) is 18.5 Å². The number of benzene rings is 2. The average Bonchev–Trinajstić information content (AvgIpc) is 3.06. The van der Waals surface area contributed by atoms with Gasteiger partial charge in [0.05, 0.1) is 44.0 Å². The molecule has 30 heavy (non-hydrogen) atoms. The van der Waals surface area contributed by atoms with Crippen LogP contribution in [0.5, 0.6) is 11.5 Å². The number of nitrogens with zero attached hydrogens (tertiary/aromatic N) is 1. The molecule has 0 saturated carbocycles. The first-order chi connectivity index (χ1) is 14.3.